The molecule has 1 amide bonds. The van der Waals surface area contributed by atoms with Crippen molar-refractivity contribution in [1.29, 1.82) is 0 Å². The highest BCUT2D eigenvalue weighted by molar-refractivity contribution is 6.04. The van der Waals surface area contributed by atoms with Crippen molar-refractivity contribution in [2.45, 2.75) is 52.3 Å². The minimum Gasteiger partial charge on any atom is -0.490 e. The summed E-state index contributed by atoms with van der Waals surface area (Å²) in [6.45, 7) is 8.51. The number of anilines is 2. The Morgan fingerprint density at radius 1 is 1.21 bits per heavy atom. The Balaban J connectivity index is 1.25. The van der Waals surface area contributed by atoms with E-state index in [1.54, 1.807) is 29.1 Å². The Bertz CT molecular complexity index is 1480. The molecule has 4 aromatic rings. The molecule has 1 saturated heterocycles. The molecule has 3 heterocycles. The minimum absolute atomic E-state index is 0.189. The van der Waals surface area contributed by atoms with Crippen LogP contribution in [-0.2, 0) is 6.54 Å². The number of likely N-dealkylation sites (tertiary alicyclic amines) is 1. The van der Waals surface area contributed by atoms with Crippen LogP contribution in [0.25, 0.3) is 11.2 Å². The number of ether oxygens (including phenoxy) is 1. The molecule has 0 unspecified atom stereocenters. The Morgan fingerprint density at radius 3 is 2.74 bits per heavy atom. The van der Waals surface area contributed by atoms with E-state index in [9.17, 15) is 9.18 Å². The van der Waals surface area contributed by atoms with E-state index >= 15 is 0 Å². The van der Waals surface area contributed by atoms with Crippen molar-refractivity contribution in [3.63, 3.8) is 0 Å². The van der Waals surface area contributed by atoms with Crippen molar-refractivity contribution in [1.82, 2.24) is 24.6 Å². The quantitative estimate of drug-likeness (QED) is 0.323. The topological polar surface area (TPSA) is 97.2 Å². The zero-order valence-corrected chi connectivity index (χ0v) is 22.7. The Labute approximate surface area is 227 Å². The smallest absolute Gasteiger partial charge is 0.255 e. The summed E-state index contributed by atoms with van der Waals surface area (Å²) in [6.07, 6.45) is 5.60. The van der Waals surface area contributed by atoms with Gasteiger partial charge >= 0.3 is 0 Å². The number of benzene rings is 2. The van der Waals surface area contributed by atoms with Crippen LogP contribution >= 0.6 is 0 Å². The first kappa shape index (κ1) is 26.6. The van der Waals surface area contributed by atoms with Crippen LogP contribution in [0.3, 0.4) is 0 Å². The largest absolute Gasteiger partial charge is 0.490 e. The minimum atomic E-state index is -0.430. The second kappa shape index (κ2) is 11.4. The molecule has 0 saturated carbocycles. The van der Waals surface area contributed by atoms with Crippen molar-refractivity contribution in [3.05, 3.63) is 71.3 Å². The standard InChI is InChI=1S/C29H34FN7O2/c1-5-37-17-25-28(35-37)34-27(16-31-25)32-19(3)23-15-21(7-8-24(23)30)33-29(38)20-6-9-26(18(2)14-20)39-22-10-12-36(4)13-11-22/h6-9,14-17,19,22H,5,10-13H2,1-4H3,(H,33,38)(H,32,34,35)/t19-/m0/s1. The first-order valence-corrected chi connectivity index (χ1v) is 13.3. The van der Waals surface area contributed by atoms with E-state index in [-0.39, 0.29) is 17.8 Å². The van der Waals surface area contributed by atoms with Gasteiger partial charge in [-0.05, 0) is 82.6 Å². The summed E-state index contributed by atoms with van der Waals surface area (Å²) >= 11 is 0. The SMILES string of the molecule is CCn1cc2ncc(N[C@@H](C)c3cc(NC(=O)c4ccc(OC5CCN(C)CC5)c(C)c4)ccc3F)nc2n1. The first-order chi connectivity index (χ1) is 18.8. The normalized spacial score (nSPS) is 15.3. The van der Waals surface area contributed by atoms with Gasteiger partial charge in [-0.15, -0.1) is 0 Å². The number of carbonyl (C=O) groups is 1. The average Bonchev–Trinajstić information content (AvgIpc) is 3.34. The second-order valence-corrected chi connectivity index (χ2v) is 10.1. The van der Waals surface area contributed by atoms with Gasteiger partial charge in [0.25, 0.3) is 5.91 Å². The molecule has 10 heteroatoms. The number of hydrogen-bond acceptors (Lipinski definition) is 7. The van der Waals surface area contributed by atoms with Crippen molar-refractivity contribution in [2.24, 2.45) is 0 Å². The summed E-state index contributed by atoms with van der Waals surface area (Å²) in [6, 6.07) is 9.54. The van der Waals surface area contributed by atoms with Gasteiger partial charge in [0.1, 0.15) is 29.0 Å². The monoisotopic (exact) mass is 531 g/mol. The fraction of sp³-hybridized carbons (Fsp3) is 0.379. The van der Waals surface area contributed by atoms with Gasteiger partial charge in [-0.25, -0.2) is 14.4 Å². The van der Waals surface area contributed by atoms with Gasteiger partial charge < -0.3 is 20.3 Å². The second-order valence-electron chi connectivity index (χ2n) is 10.1. The van der Waals surface area contributed by atoms with Crippen LogP contribution in [0, 0.1) is 12.7 Å². The lowest BCUT2D eigenvalue weighted by Gasteiger charge is -2.29. The van der Waals surface area contributed by atoms with E-state index in [4.69, 9.17) is 4.74 Å². The summed E-state index contributed by atoms with van der Waals surface area (Å²) in [7, 11) is 2.12. The molecule has 9 nitrogen and oxygen atoms in total. The maximum atomic E-state index is 14.8. The zero-order chi connectivity index (χ0) is 27.5. The summed E-state index contributed by atoms with van der Waals surface area (Å²) in [5.74, 6) is 0.629. The molecule has 0 spiro atoms. The number of nitrogens with one attached hydrogen (secondary N) is 2. The highest BCUT2D eigenvalue weighted by Crippen LogP contribution is 2.27. The van der Waals surface area contributed by atoms with Crippen molar-refractivity contribution >= 4 is 28.6 Å². The van der Waals surface area contributed by atoms with Crippen molar-refractivity contribution in [2.75, 3.05) is 30.8 Å². The lowest BCUT2D eigenvalue weighted by molar-refractivity contribution is 0.102. The molecule has 1 atom stereocenters. The van der Waals surface area contributed by atoms with Crippen molar-refractivity contribution < 1.29 is 13.9 Å². The number of carbonyl (C=O) groups excluding carboxylic acids is 1. The number of amides is 1. The predicted molar refractivity (Wildman–Crippen MR) is 150 cm³/mol. The first-order valence-electron chi connectivity index (χ1n) is 13.3. The van der Waals surface area contributed by atoms with E-state index in [0.717, 1.165) is 43.8 Å². The van der Waals surface area contributed by atoms with Crippen LogP contribution in [0.15, 0.2) is 48.8 Å². The molecular weight excluding hydrogens is 497 g/mol. The highest BCUT2D eigenvalue weighted by Gasteiger charge is 2.20. The van der Waals surface area contributed by atoms with E-state index in [1.165, 1.54) is 6.07 Å². The number of rotatable bonds is 8. The fourth-order valence-corrected chi connectivity index (χ4v) is 4.74. The van der Waals surface area contributed by atoms with Crippen LogP contribution in [-0.4, -0.2) is 56.8 Å². The molecule has 0 bridgehead atoms. The molecule has 0 radical (unpaired) electrons. The van der Waals surface area contributed by atoms with E-state index in [0.29, 0.717) is 33.8 Å². The number of halogens is 1. The number of hydrogen-bond donors (Lipinski definition) is 2. The Morgan fingerprint density at radius 2 is 2.00 bits per heavy atom. The fourth-order valence-electron chi connectivity index (χ4n) is 4.74. The van der Waals surface area contributed by atoms with Crippen molar-refractivity contribution in [3.8, 4) is 5.75 Å². The van der Waals surface area contributed by atoms with Crippen LogP contribution in [0.2, 0.25) is 0 Å². The maximum absolute atomic E-state index is 14.8. The third kappa shape index (κ3) is 6.17. The number of fused-ring (bicyclic) bond motifs is 1. The highest BCUT2D eigenvalue weighted by atomic mass is 19.1. The van der Waals surface area contributed by atoms with Gasteiger partial charge in [0.2, 0.25) is 5.65 Å². The molecule has 2 aromatic heterocycles. The van der Waals surface area contributed by atoms with Gasteiger partial charge in [0.15, 0.2) is 0 Å². The number of aromatic nitrogens is 4. The van der Waals surface area contributed by atoms with Crippen LogP contribution in [0.4, 0.5) is 15.9 Å². The Kier molecular flexibility index (Phi) is 7.74. The predicted octanol–water partition coefficient (Wildman–Crippen LogP) is 5.19. The molecule has 0 aliphatic carbocycles. The Hall–Kier alpha value is -4.05. The van der Waals surface area contributed by atoms with Gasteiger partial charge in [0.05, 0.1) is 18.4 Å². The zero-order valence-electron chi connectivity index (χ0n) is 22.7. The molecule has 204 valence electrons. The third-order valence-corrected chi connectivity index (χ3v) is 7.08. The molecule has 2 aromatic carbocycles. The summed E-state index contributed by atoms with van der Waals surface area (Å²) < 4.78 is 22.7. The third-order valence-electron chi connectivity index (χ3n) is 7.08. The maximum Gasteiger partial charge on any atom is 0.255 e. The molecule has 1 aliphatic rings. The summed E-state index contributed by atoms with van der Waals surface area (Å²) in [5, 5.41) is 10.5. The van der Waals surface area contributed by atoms with Gasteiger partial charge in [-0.3, -0.25) is 9.48 Å². The molecule has 5 rings (SSSR count). The average molecular weight is 532 g/mol. The number of aryl methyl sites for hydroxylation is 2. The lowest BCUT2D eigenvalue weighted by Crippen LogP contribution is -2.35. The van der Waals surface area contributed by atoms with Crippen LogP contribution in [0.5, 0.6) is 5.75 Å². The number of piperidine rings is 1. The molecule has 1 aliphatic heterocycles. The van der Waals surface area contributed by atoms with E-state index < -0.39 is 6.04 Å². The van der Waals surface area contributed by atoms with Crippen LogP contribution < -0.4 is 15.4 Å². The summed E-state index contributed by atoms with van der Waals surface area (Å²) in [5.41, 5.74) is 3.53. The van der Waals surface area contributed by atoms with Gasteiger partial charge in [0, 0.05) is 36.4 Å². The lowest BCUT2D eigenvalue weighted by atomic mass is 10.1. The number of nitrogens with zero attached hydrogens (tertiary/aromatic N) is 5. The van der Waals surface area contributed by atoms with E-state index in [1.807, 2.05) is 39.1 Å². The van der Waals surface area contributed by atoms with Gasteiger partial charge in [-0.1, -0.05) is 0 Å². The molecule has 1 fully saturated rings. The molecule has 2 N–H and O–H groups in total. The van der Waals surface area contributed by atoms with Gasteiger partial charge in [-0.2, -0.15) is 5.10 Å². The van der Waals surface area contributed by atoms with E-state index in [2.05, 4.69) is 37.6 Å². The molecule has 39 heavy (non-hydrogen) atoms. The molecular formula is C29H34FN7O2. The van der Waals surface area contributed by atoms with Crippen LogP contribution in [0.1, 0.15) is 54.2 Å². The summed E-state index contributed by atoms with van der Waals surface area (Å²) in [4.78, 5) is 24.2.